The summed E-state index contributed by atoms with van der Waals surface area (Å²) in [7, 11) is 0. The lowest BCUT2D eigenvalue weighted by Gasteiger charge is -2.44. The molecular weight excluding hydrogens is 554 g/mol. The summed E-state index contributed by atoms with van der Waals surface area (Å²) in [5.74, 6) is -0.851. The van der Waals surface area contributed by atoms with Gasteiger partial charge in [-0.3, -0.25) is 10.1 Å². The number of carbonyl (C=O) groups excluding carboxylic acids is 2. The van der Waals surface area contributed by atoms with E-state index in [4.69, 9.17) is 33.7 Å². The highest BCUT2D eigenvalue weighted by atomic mass is 35.5. The number of piperidine rings is 1. The molecule has 0 bridgehead atoms. The molecule has 1 atom stereocenters. The number of anilines is 2. The smallest absolute Gasteiger partial charge is 0.412 e. The monoisotopic (exact) mass is 584 g/mol. The number of nitrogens with two attached hydrogens (primary N) is 1. The van der Waals surface area contributed by atoms with Crippen LogP contribution in [0.4, 0.5) is 20.6 Å². The summed E-state index contributed by atoms with van der Waals surface area (Å²) in [6, 6.07) is 17.1. The third kappa shape index (κ3) is 6.35. The number of nitrogens with zero attached hydrogens (tertiary/aromatic N) is 1. The van der Waals surface area contributed by atoms with Gasteiger partial charge in [-0.15, -0.1) is 0 Å². The van der Waals surface area contributed by atoms with Crippen molar-refractivity contribution in [2.24, 2.45) is 0 Å². The number of rotatable bonds is 8. The zero-order valence-corrected chi connectivity index (χ0v) is 23.4. The van der Waals surface area contributed by atoms with Gasteiger partial charge in [-0.05, 0) is 73.0 Å². The van der Waals surface area contributed by atoms with E-state index in [2.05, 4.69) is 15.5 Å². The van der Waals surface area contributed by atoms with Crippen LogP contribution in [0.1, 0.15) is 48.3 Å². The van der Waals surface area contributed by atoms with Crippen molar-refractivity contribution in [2.45, 2.75) is 43.7 Å². The average molecular weight is 586 g/mol. The van der Waals surface area contributed by atoms with Crippen LogP contribution >= 0.6 is 23.2 Å². The van der Waals surface area contributed by atoms with Crippen molar-refractivity contribution in [3.8, 4) is 0 Å². The van der Waals surface area contributed by atoms with Gasteiger partial charge in [-0.2, -0.15) is 0 Å². The Morgan fingerprint density at radius 1 is 1.07 bits per heavy atom. The van der Waals surface area contributed by atoms with E-state index in [1.807, 2.05) is 18.2 Å². The SMILES string of the molecule is Nc1ccc(CNC(=O)C(CCCN2CCC3(CC2)OC(=O)Nc2ccc(F)cc23)c2ccc(Cl)c(Cl)c2)cc1. The number of amides is 2. The van der Waals surface area contributed by atoms with Crippen LogP contribution in [0.3, 0.4) is 0 Å². The van der Waals surface area contributed by atoms with E-state index < -0.39 is 17.6 Å². The second-order valence-electron chi connectivity index (χ2n) is 10.4. The molecule has 1 spiro atoms. The quantitative estimate of drug-likeness (QED) is 0.264. The highest BCUT2D eigenvalue weighted by Gasteiger charge is 2.44. The van der Waals surface area contributed by atoms with Crippen LogP contribution in [0.15, 0.2) is 60.7 Å². The number of hydrogen-bond acceptors (Lipinski definition) is 5. The van der Waals surface area contributed by atoms with Gasteiger partial charge in [0.25, 0.3) is 0 Å². The maximum absolute atomic E-state index is 14.0. The van der Waals surface area contributed by atoms with E-state index in [0.717, 1.165) is 24.1 Å². The van der Waals surface area contributed by atoms with Crippen molar-refractivity contribution in [2.75, 3.05) is 30.7 Å². The summed E-state index contributed by atoms with van der Waals surface area (Å²) in [5, 5.41) is 6.56. The molecule has 1 saturated heterocycles. The molecule has 0 aliphatic carbocycles. The average Bonchev–Trinajstić information content (AvgIpc) is 2.94. The van der Waals surface area contributed by atoms with Crippen molar-refractivity contribution in [3.05, 3.63) is 93.2 Å². The van der Waals surface area contributed by atoms with Crippen molar-refractivity contribution in [3.63, 3.8) is 0 Å². The van der Waals surface area contributed by atoms with Crippen LogP contribution in [-0.2, 0) is 21.7 Å². The number of fused-ring (bicyclic) bond motifs is 2. The maximum Gasteiger partial charge on any atom is 0.412 e. The lowest BCUT2D eigenvalue weighted by molar-refractivity contribution is -0.122. The lowest BCUT2D eigenvalue weighted by atomic mass is 9.82. The van der Waals surface area contributed by atoms with Gasteiger partial charge in [0.05, 0.1) is 21.7 Å². The van der Waals surface area contributed by atoms with Crippen molar-refractivity contribution in [1.29, 1.82) is 0 Å². The Balaban J connectivity index is 1.21. The minimum Gasteiger partial charge on any atom is -0.438 e. The van der Waals surface area contributed by atoms with Gasteiger partial charge < -0.3 is 20.7 Å². The summed E-state index contributed by atoms with van der Waals surface area (Å²) in [4.78, 5) is 27.8. The number of halogens is 3. The summed E-state index contributed by atoms with van der Waals surface area (Å²) in [6.45, 7) is 2.52. The number of ether oxygens (including phenoxy) is 1. The second kappa shape index (κ2) is 12.0. The first-order valence-corrected chi connectivity index (χ1v) is 14.1. The molecule has 7 nitrogen and oxygen atoms in total. The minimum absolute atomic E-state index is 0.0898. The first-order valence-electron chi connectivity index (χ1n) is 13.3. The molecule has 0 aromatic heterocycles. The fourth-order valence-corrected chi connectivity index (χ4v) is 5.83. The number of hydrogen-bond donors (Lipinski definition) is 3. The third-order valence-corrected chi connectivity index (χ3v) is 8.48. The number of benzene rings is 3. The fraction of sp³-hybridized carbons (Fsp3) is 0.333. The van der Waals surface area contributed by atoms with Crippen LogP contribution in [-0.4, -0.2) is 36.5 Å². The molecule has 40 heavy (non-hydrogen) atoms. The molecule has 4 N–H and O–H groups in total. The van der Waals surface area contributed by atoms with Gasteiger partial charge in [-0.25, -0.2) is 9.18 Å². The van der Waals surface area contributed by atoms with Crippen LogP contribution in [0.2, 0.25) is 10.0 Å². The molecule has 3 aromatic rings. The van der Waals surface area contributed by atoms with Gasteiger partial charge in [0, 0.05) is 43.7 Å². The van der Waals surface area contributed by atoms with E-state index in [-0.39, 0.29) is 11.7 Å². The zero-order chi connectivity index (χ0) is 28.3. The predicted molar refractivity (Wildman–Crippen MR) is 155 cm³/mol. The molecule has 5 rings (SSSR count). The molecule has 2 amide bonds. The van der Waals surface area contributed by atoms with Gasteiger partial charge in [0.15, 0.2) is 0 Å². The standard InChI is InChI=1S/C30H31Cl2FN4O3/c31-25-9-5-20(16-26(25)32)23(28(38)35-18-19-3-7-22(34)8-4-19)2-1-13-37-14-11-30(12-15-37)24-17-21(33)6-10-27(24)36-29(39)40-30/h3-10,16-17,23H,1-2,11-15,18,34H2,(H,35,38)(H,36,39). The molecule has 2 aliphatic heterocycles. The van der Waals surface area contributed by atoms with E-state index in [0.29, 0.717) is 65.9 Å². The Morgan fingerprint density at radius 2 is 1.82 bits per heavy atom. The predicted octanol–water partition coefficient (Wildman–Crippen LogP) is 6.45. The molecule has 0 saturated carbocycles. The third-order valence-electron chi connectivity index (χ3n) is 7.74. The van der Waals surface area contributed by atoms with E-state index in [1.165, 1.54) is 12.1 Å². The van der Waals surface area contributed by atoms with Gasteiger partial charge in [0.1, 0.15) is 11.4 Å². The molecule has 10 heteroatoms. The molecule has 3 aromatic carbocycles. The van der Waals surface area contributed by atoms with Gasteiger partial charge >= 0.3 is 6.09 Å². The first kappa shape index (κ1) is 28.2. The Morgan fingerprint density at radius 3 is 2.55 bits per heavy atom. The zero-order valence-electron chi connectivity index (χ0n) is 21.9. The summed E-state index contributed by atoms with van der Waals surface area (Å²) >= 11 is 12.4. The number of nitrogens with one attached hydrogen (secondary N) is 2. The summed E-state index contributed by atoms with van der Waals surface area (Å²) in [6.07, 6.45) is 1.99. The molecule has 210 valence electrons. The Labute approximate surface area is 242 Å². The first-order chi connectivity index (χ1) is 19.2. The molecule has 0 radical (unpaired) electrons. The Kier molecular flexibility index (Phi) is 8.49. The topological polar surface area (TPSA) is 96.7 Å². The van der Waals surface area contributed by atoms with Crippen LogP contribution in [0.25, 0.3) is 0 Å². The van der Waals surface area contributed by atoms with Crippen LogP contribution < -0.4 is 16.4 Å². The molecule has 1 fully saturated rings. The highest BCUT2D eigenvalue weighted by Crippen LogP contribution is 2.43. The largest absolute Gasteiger partial charge is 0.438 e. The Hall–Kier alpha value is -3.33. The summed E-state index contributed by atoms with van der Waals surface area (Å²) in [5.41, 5.74) is 8.65. The Bertz CT molecular complexity index is 1390. The number of carbonyl (C=O) groups is 2. The normalized spacial score (nSPS) is 17.0. The van der Waals surface area contributed by atoms with Crippen molar-refractivity contribution < 1.29 is 18.7 Å². The van der Waals surface area contributed by atoms with Crippen molar-refractivity contribution in [1.82, 2.24) is 10.2 Å². The van der Waals surface area contributed by atoms with Crippen molar-refractivity contribution >= 4 is 46.6 Å². The lowest BCUT2D eigenvalue weighted by Crippen LogP contribution is -2.48. The number of nitrogen functional groups attached to an aromatic ring is 1. The molecular formula is C30H31Cl2FN4O3. The van der Waals surface area contributed by atoms with Gasteiger partial charge in [0.2, 0.25) is 5.91 Å². The van der Waals surface area contributed by atoms with Crippen LogP contribution in [0.5, 0.6) is 0 Å². The maximum atomic E-state index is 14.0. The number of likely N-dealkylation sites (tertiary alicyclic amines) is 1. The second-order valence-corrected chi connectivity index (χ2v) is 11.2. The molecule has 2 heterocycles. The van der Waals surface area contributed by atoms with E-state index in [1.54, 1.807) is 30.3 Å². The van der Waals surface area contributed by atoms with E-state index >= 15 is 0 Å². The summed E-state index contributed by atoms with van der Waals surface area (Å²) < 4.78 is 19.8. The molecule has 1 unspecified atom stereocenters. The van der Waals surface area contributed by atoms with Crippen LogP contribution in [0, 0.1) is 5.82 Å². The fourth-order valence-electron chi connectivity index (χ4n) is 5.52. The highest BCUT2D eigenvalue weighted by molar-refractivity contribution is 6.42. The minimum atomic E-state index is -0.832. The van der Waals surface area contributed by atoms with E-state index in [9.17, 15) is 14.0 Å². The van der Waals surface area contributed by atoms with Gasteiger partial charge in [-0.1, -0.05) is 41.4 Å². The molecule has 2 aliphatic rings.